The lowest BCUT2D eigenvalue weighted by Crippen LogP contribution is -2.01. The SMILES string of the molecule is O=[N+]([O-])c1ccc(Cl)nc1Nc1cc(F)c(F)c(F)c1. The Morgan fingerprint density at radius 1 is 1.20 bits per heavy atom. The van der Waals surface area contributed by atoms with Crippen LogP contribution in [-0.2, 0) is 0 Å². The number of benzene rings is 1. The summed E-state index contributed by atoms with van der Waals surface area (Å²) in [5.74, 6) is -4.81. The van der Waals surface area contributed by atoms with Gasteiger partial charge in [0.15, 0.2) is 17.5 Å². The molecule has 0 saturated heterocycles. The van der Waals surface area contributed by atoms with Gasteiger partial charge in [-0.15, -0.1) is 0 Å². The Morgan fingerprint density at radius 2 is 1.80 bits per heavy atom. The summed E-state index contributed by atoms with van der Waals surface area (Å²) in [4.78, 5) is 13.7. The molecular formula is C11H5ClF3N3O2. The van der Waals surface area contributed by atoms with Crippen LogP contribution in [0.3, 0.4) is 0 Å². The minimum atomic E-state index is -1.64. The normalized spacial score (nSPS) is 10.4. The minimum absolute atomic E-state index is 0.0545. The average molecular weight is 304 g/mol. The molecule has 0 aliphatic carbocycles. The summed E-state index contributed by atoms with van der Waals surface area (Å²) >= 11 is 5.59. The highest BCUT2D eigenvalue weighted by Gasteiger charge is 2.17. The molecule has 0 fully saturated rings. The second kappa shape index (κ2) is 5.33. The van der Waals surface area contributed by atoms with Gasteiger partial charge in [-0.05, 0) is 6.07 Å². The Kier molecular flexibility index (Phi) is 3.75. The van der Waals surface area contributed by atoms with Gasteiger partial charge in [0, 0.05) is 23.9 Å². The van der Waals surface area contributed by atoms with Gasteiger partial charge in [-0.1, -0.05) is 11.6 Å². The van der Waals surface area contributed by atoms with E-state index in [9.17, 15) is 23.3 Å². The summed E-state index contributed by atoms with van der Waals surface area (Å²) in [6.07, 6.45) is 0. The van der Waals surface area contributed by atoms with Crippen LogP contribution in [0.15, 0.2) is 24.3 Å². The second-order valence-electron chi connectivity index (χ2n) is 3.64. The van der Waals surface area contributed by atoms with Crippen LogP contribution >= 0.6 is 11.6 Å². The number of hydrogen-bond acceptors (Lipinski definition) is 4. The topological polar surface area (TPSA) is 68.1 Å². The number of pyridine rings is 1. The largest absolute Gasteiger partial charge is 0.334 e. The number of aromatic nitrogens is 1. The van der Waals surface area contributed by atoms with E-state index >= 15 is 0 Å². The van der Waals surface area contributed by atoms with Crippen molar-refractivity contribution in [2.24, 2.45) is 0 Å². The molecule has 0 radical (unpaired) electrons. The Balaban J connectivity index is 2.44. The molecule has 0 aliphatic rings. The molecule has 9 heteroatoms. The molecule has 1 aromatic carbocycles. The van der Waals surface area contributed by atoms with Crippen molar-refractivity contribution >= 4 is 28.8 Å². The molecule has 20 heavy (non-hydrogen) atoms. The van der Waals surface area contributed by atoms with Crippen molar-refractivity contribution in [2.45, 2.75) is 0 Å². The third-order valence-electron chi connectivity index (χ3n) is 2.28. The molecule has 0 atom stereocenters. The van der Waals surface area contributed by atoms with Crippen molar-refractivity contribution in [1.29, 1.82) is 0 Å². The molecule has 1 N–H and O–H groups in total. The number of rotatable bonds is 3. The maximum atomic E-state index is 13.0. The van der Waals surface area contributed by atoms with Crippen LogP contribution < -0.4 is 5.32 Å². The van der Waals surface area contributed by atoms with Crippen molar-refractivity contribution < 1.29 is 18.1 Å². The highest BCUT2D eigenvalue weighted by atomic mass is 35.5. The zero-order valence-corrected chi connectivity index (χ0v) is 10.3. The van der Waals surface area contributed by atoms with Gasteiger partial charge < -0.3 is 5.32 Å². The van der Waals surface area contributed by atoms with Crippen molar-refractivity contribution in [1.82, 2.24) is 4.98 Å². The van der Waals surface area contributed by atoms with E-state index in [0.29, 0.717) is 12.1 Å². The summed E-state index contributed by atoms with van der Waals surface area (Å²) in [5.41, 5.74) is -0.682. The lowest BCUT2D eigenvalue weighted by atomic mass is 10.2. The van der Waals surface area contributed by atoms with Crippen LogP contribution in [-0.4, -0.2) is 9.91 Å². The average Bonchev–Trinajstić information content (AvgIpc) is 2.35. The van der Waals surface area contributed by atoms with E-state index in [1.165, 1.54) is 6.07 Å². The van der Waals surface area contributed by atoms with Gasteiger partial charge in [0.2, 0.25) is 5.82 Å². The van der Waals surface area contributed by atoms with Crippen LogP contribution in [0.25, 0.3) is 0 Å². The van der Waals surface area contributed by atoms with Gasteiger partial charge in [0.25, 0.3) is 0 Å². The lowest BCUT2D eigenvalue weighted by molar-refractivity contribution is -0.384. The van der Waals surface area contributed by atoms with E-state index in [1.54, 1.807) is 0 Å². The molecule has 2 aromatic rings. The van der Waals surface area contributed by atoms with Gasteiger partial charge in [-0.25, -0.2) is 18.2 Å². The number of nitro groups is 1. The molecule has 5 nitrogen and oxygen atoms in total. The third kappa shape index (κ3) is 2.80. The van der Waals surface area contributed by atoms with E-state index in [0.717, 1.165) is 6.07 Å². The third-order valence-corrected chi connectivity index (χ3v) is 2.49. The monoisotopic (exact) mass is 303 g/mol. The summed E-state index contributed by atoms with van der Waals surface area (Å²) in [7, 11) is 0. The first-order valence-electron chi connectivity index (χ1n) is 5.11. The van der Waals surface area contributed by atoms with Crippen molar-refractivity contribution in [2.75, 3.05) is 5.32 Å². The Labute approximate surface area is 115 Å². The summed E-state index contributed by atoms with van der Waals surface area (Å²) in [6, 6.07) is 3.56. The lowest BCUT2D eigenvalue weighted by Gasteiger charge is -2.07. The van der Waals surface area contributed by atoms with E-state index in [4.69, 9.17) is 11.6 Å². The van der Waals surface area contributed by atoms with Gasteiger partial charge >= 0.3 is 5.69 Å². The van der Waals surface area contributed by atoms with E-state index in [1.807, 2.05) is 0 Å². The highest BCUT2D eigenvalue weighted by Crippen LogP contribution is 2.28. The fourth-order valence-corrected chi connectivity index (χ4v) is 1.58. The van der Waals surface area contributed by atoms with E-state index in [-0.39, 0.29) is 16.7 Å². The molecule has 0 unspecified atom stereocenters. The van der Waals surface area contributed by atoms with Crippen molar-refractivity contribution in [3.8, 4) is 0 Å². The maximum absolute atomic E-state index is 13.0. The summed E-state index contributed by atoms with van der Waals surface area (Å²) in [5, 5.41) is 13.1. The van der Waals surface area contributed by atoms with Gasteiger partial charge in [-0.3, -0.25) is 10.1 Å². The van der Waals surface area contributed by atoms with Gasteiger partial charge in [0.1, 0.15) is 5.15 Å². The first kappa shape index (κ1) is 14.1. The fourth-order valence-electron chi connectivity index (χ4n) is 1.43. The highest BCUT2D eigenvalue weighted by molar-refractivity contribution is 6.29. The zero-order valence-electron chi connectivity index (χ0n) is 9.53. The standard InChI is InChI=1S/C11H5ClF3N3O2/c12-9-2-1-8(18(19)20)11(17-9)16-5-3-6(13)10(15)7(14)4-5/h1-4H,(H,16,17). The molecule has 0 bridgehead atoms. The second-order valence-corrected chi connectivity index (χ2v) is 4.02. The van der Waals surface area contributed by atoms with Crippen molar-refractivity contribution in [3.05, 3.63) is 57.0 Å². The zero-order chi connectivity index (χ0) is 14.9. The first-order valence-corrected chi connectivity index (χ1v) is 5.49. The first-order chi connectivity index (χ1) is 9.38. The number of hydrogen-bond donors (Lipinski definition) is 1. The van der Waals surface area contributed by atoms with Crippen LogP contribution in [0.2, 0.25) is 5.15 Å². The summed E-state index contributed by atoms with van der Waals surface area (Å²) in [6.45, 7) is 0. The molecule has 1 heterocycles. The molecular weight excluding hydrogens is 299 g/mol. The number of nitrogens with zero attached hydrogens (tertiary/aromatic N) is 2. The molecule has 0 spiro atoms. The smallest absolute Gasteiger partial charge is 0.311 e. The van der Waals surface area contributed by atoms with E-state index in [2.05, 4.69) is 10.3 Å². The van der Waals surface area contributed by atoms with Gasteiger partial charge in [-0.2, -0.15) is 0 Å². The Bertz CT molecular complexity index is 674. The molecule has 2 rings (SSSR count). The predicted octanol–water partition coefficient (Wildman–Crippen LogP) is 3.80. The van der Waals surface area contributed by atoms with Crippen LogP contribution in [0.4, 0.5) is 30.4 Å². The number of anilines is 2. The predicted molar refractivity (Wildman–Crippen MR) is 65.5 cm³/mol. The Hall–Kier alpha value is -2.35. The van der Waals surface area contributed by atoms with Crippen LogP contribution in [0.1, 0.15) is 0 Å². The van der Waals surface area contributed by atoms with Crippen LogP contribution in [0.5, 0.6) is 0 Å². The van der Waals surface area contributed by atoms with Gasteiger partial charge in [0.05, 0.1) is 4.92 Å². The fraction of sp³-hybridized carbons (Fsp3) is 0. The molecule has 0 saturated carbocycles. The summed E-state index contributed by atoms with van der Waals surface area (Å²) < 4.78 is 38.9. The molecule has 104 valence electrons. The molecule has 0 aliphatic heterocycles. The van der Waals surface area contributed by atoms with Crippen molar-refractivity contribution in [3.63, 3.8) is 0 Å². The van der Waals surface area contributed by atoms with E-state index < -0.39 is 28.1 Å². The minimum Gasteiger partial charge on any atom is -0.334 e. The number of nitrogens with one attached hydrogen (secondary N) is 1. The van der Waals surface area contributed by atoms with Crippen LogP contribution in [0, 0.1) is 27.6 Å². The number of halogens is 4. The molecule has 0 amide bonds. The Morgan fingerprint density at radius 3 is 2.35 bits per heavy atom. The maximum Gasteiger partial charge on any atom is 0.311 e. The quantitative estimate of drug-likeness (QED) is 0.405. The molecule has 1 aromatic heterocycles.